The fraction of sp³-hybridized carbons (Fsp3) is 0.400. The molecule has 18 heavy (non-hydrogen) atoms. The van der Waals surface area contributed by atoms with Crippen molar-refractivity contribution in [2.24, 2.45) is 0 Å². The molecule has 1 N–H and O–H groups in total. The molecule has 1 aromatic heterocycles. The minimum Gasteiger partial charge on any atom is -0.319 e. The largest absolute Gasteiger partial charge is 0.319 e. The van der Waals surface area contributed by atoms with Crippen LogP contribution in [0.3, 0.4) is 0 Å². The van der Waals surface area contributed by atoms with Gasteiger partial charge in [0, 0.05) is 22.4 Å². The SMILES string of the molecule is CNCC1(c2sc(-c3ccccc3)nc2C)CC1. The fourth-order valence-corrected chi connectivity index (χ4v) is 3.88. The highest BCUT2D eigenvalue weighted by molar-refractivity contribution is 7.15. The molecule has 3 heteroatoms. The van der Waals surface area contributed by atoms with Crippen LogP contribution < -0.4 is 5.32 Å². The smallest absolute Gasteiger partial charge is 0.123 e. The van der Waals surface area contributed by atoms with Gasteiger partial charge in [-0.15, -0.1) is 11.3 Å². The van der Waals surface area contributed by atoms with Crippen LogP contribution in [-0.2, 0) is 5.41 Å². The van der Waals surface area contributed by atoms with Crippen molar-refractivity contribution >= 4 is 11.3 Å². The van der Waals surface area contributed by atoms with E-state index in [9.17, 15) is 0 Å². The number of hydrogen-bond donors (Lipinski definition) is 1. The van der Waals surface area contributed by atoms with Crippen molar-refractivity contribution in [1.82, 2.24) is 10.3 Å². The predicted octanol–water partition coefficient (Wildman–Crippen LogP) is 3.37. The van der Waals surface area contributed by atoms with Gasteiger partial charge >= 0.3 is 0 Å². The average Bonchev–Trinajstić information content (AvgIpc) is 3.06. The van der Waals surface area contributed by atoms with Crippen molar-refractivity contribution < 1.29 is 0 Å². The van der Waals surface area contributed by atoms with Crippen LogP contribution in [0.5, 0.6) is 0 Å². The molecule has 0 saturated heterocycles. The van der Waals surface area contributed by atoms with E-state index < -0.39 is 0 Å². The first kappa shape index (κ1) is 11.9. The average molecular weight is 258 g/mol. The van der Waals surface area contributed by atoms with Gasteiger partial charge in [0.05, 0.1) is 5.69 Å². The van der Waals surface area contributed by atoms with E-state index in [1.807, 2.05) is 24.5 Å². The second-order valence-electron chi connectivity index (χ2n) is 5.11. The van der Waals surface area contributed by atoms with Crippen molar-refractivity contribution in [3.05, 3.63) is 40.9 Å². The Morgan fingerprint density at radius 1 is 1.28 bits per heavy atom. The molecule has 2 nitrogen and oxygen atoms in total. The second-order valence-corrected chi connectivity index (χ2v) is 6.11. The van der Waals surface area contributed by atoms with Crippen LogP contribution in [0.25, 0.3) is 10.6 Å². The minimum absolute atomic E-state index is 0.379. The Bertz CT molecular complexity index is 541. The highest BCUT2D eigenvalue weighted by atomic mass is 32.1. The zero-order valence-electron chi connectivity index (χ0n) is 10.9. The van der Waals surface area contributed by atoms with E-state index in [-0.39, 0.29) is 0 Å². The molecule has 0 atom stereocenters. The summed E-state index contributed by atoms with van der Waals surface area (Å²) in [5.74, 6) is 0. The van der Waals surface area contributed by atoms with Gasteiger partial charge in [-0.2, -0.15) is 0 Å². The molecule has 3 rings (SSSR count). The van der Waals surface area contributed by atoms with E-state index in [1.165, 1.54) is 29.0 Å². The molecule has 1 saturated carbocycles. The number of aromatic nitrogens is 1. The summed E-state index contributed by atoms with van der Waals surface area (Å²) >= 11 is 1.87. The number of nitrogens with zero attached hydrogens (tertiary/aromatic N) is 1. The molecule has 0 spiro atoms. The molecule has 0 aliphatic heterocycles. The second kappa shape index (κ2) is 4.48. The number of nitrogens with one attached hydrogen (secondary N) is 1. The van der Waals surface area contributed by atoms with Gasteiger partial charge in [0.1, 0.15) is 5.01 Å². The number of likely N-dealkylation sites (N-methyl/N-ethyl adjacent to an activating group) is 1. The number of aryl methyl sites for hydroxylation is 1. The number of hydrogen-bond acceptors (Lipinski definition) is 3. The lowest BCUT2D eigenvalue weighted by molar-refractivity contribution is 0.630. The Morgan fingerprint density at radius 2 is 2.00 bits per heavy atom. The molecule has 0 amide bonds. The summed E-state index contributed by atoms with van der Waals surface area (Å²) in [7, 11) is 2.04. The van der Waals surface area contributed by atoms with Crippen LogP contribution in [0.2, 0.25) is 0 Å². The first-order valence-electron chi connectivity index (χ1n) is 6.43. The van der Waals surface area contributed by atoms with Crippen LogP contribution in [0.15, 0.2) is 30.3 Å². The lowest BCUT2D eigenvalue weighted by Gasteiger charge is -2.12. The van der Waals surface area contributed by atoms with Crippen molar-refractivity contribution in [2.75, 3.05) is 13.6 Å². The Morgan fingerprint density at radius 3 is 2.61 bits per heavy atom. The Balaban J connectivity index is 1.97. The maximum absolute atomic E-state index is 4.76. The first-order valence-corrected chi connectivity index (χ1v) is 7.25. The molecular formula is C15H18N2S. The quantitative estimate of drug-likeness (QED) is 0.909. The molecule has 1 aliphatic rings. The molecule has 0 radical (unpaired) electrons. The molecule has 1 aromatic carbocycles. The zero-order valence-corrected chi connectivity index (χ0v) is 11.7. The number of benzene rings is 1. The molecule has 0 bridgehead atoms. The third kappa shape index (κ3) is 1.98. The molecule has 1 heterocycles. The highest BCUT2D eigenvalue weighted by Crippen LogP contribution is 2.51. The Labute approximate surface area is 112 Å². The summed E-state index contributed by atoms with van der Waals surface area (Å²) in [6.45, 7) is 3.22. The minimum atomic E-state index is 0.379. The zero-order chi connectivity index (χ0) is 12.6. The van der Waals surface area contributed by atoms with Gasteiger partial charge in [-0.1, -0.05) is 30.3 Å². The lowest BCUT2D eigenvalue weighted by atomic mass is 10.0. The number of thiazole rings is 1. The fourth-order valence-electron chi connectivity index (χ4n) is 2.57. The molecular weight excluding hydrogens is 240 g/mol. The summed E-state index contributed by atoms with van der Waals surface area (Å²) in [6, 6.07) is 10.5. The maximum atomic E-state index is 4.76. The van der Waals surface area contributed by atoms with E-state index in [1.54, 1.807) is 0 Å². The van der Waals surface area contributed by atoms with Gasteiger partial charge in [0.2, 0.25) is 0 Å². The molecule has 2 aromatic rings. The normalized spacial score (nSPS) is 16.8. The third-order valence-corrected chi connectivity index (χ3v) is 5.12. The predicted molar refractivity (Wildman–Crippen MR) is 77.1 cm³/mol. The standard InChI is InChI=1S/C15H18N2S/c1-11-13(15(8-9-15)10-16-2)18-14(17-11)12-6-4-3-5-7-12/h3-7,16H,8-10H2,1-2H3. The molecule has 94 valence electrons. The van der Waals surface area contributed by atoms with Gasteiger partial charge in [-0.05, 0) is 26.8 Å². The lowest BCUT2D eigenvalue weighted by Crippen LogP contribution is -2.23. The van der Waals surface area contributed by atoms with E-state index in [0.29, 0.717) is 5.41 Å². The summed E-state index contributed by atoms with van der Waals surface area (Å²) in [4.78, 5) is 6.24. The van der Waals surface area contributed by atoms with Crippen molar-refractivity contribution in [3.8, 4) is 10.6 Å². The van der Waals surface area contributed by atoms with E-state index in [0.717, 1.165) is 11.6 Å². The summed E-state index contributed by atoms with van der Waals surface area (Å²) < 4.78 is 0. The van der Waals surface area contributed by atoms with E-state index >= 15 is 0 Å². The van der Waals surface area contributed by atoms with Gasteiger partial charge in [0.15, 0.2) is 0 Å². The summed E-state index contributed by atoms with van der Waals surface area (Å²) in [6.07, 6.45) is 2.59. The van der Waals surface area contributed by atoms with Crippen molar-refractivity contribution in [1.29, 1.82) is 0 Å². The van der Waals surface area contributed by atoms with Crippen molar-refractivity contribution in [2.45, 2.75) is 25.2 Å². The maximum Gasteiger partial charge on any atom is 0.123 e. The Hall–Kier alpha value is -1.19. The molecule has 1 aliphatic carbocycles. The summed E-state index contributed by atoms with van der Waals surface area (Å²) in [5.41, 5.74) is 2.83. The van der Waals surface area contributed by atoms with E-state index in [2.05, 4.69) is 36.5 Å². The third-order valence-electron chi connectivity index (χ3n) is 3.67. The summed E-state index contributed by atoms with van der Waals surface area (Å²) in [5, 5.41) is 4.48. The van der Waals surface area contributed by atoms with Crippen LogP contribution in [0, 0.1) is 6.92 Å². The van der Waals surface area contributed by atoms with Crippen molar-refractivity contribution in [3.63, 3.8) is 0 Å². The van der Waals surface area contributed by atoms with E-state index in [4.69, 9.17) is 4.98 Å². The topological polar surface area (TPSA) is 24.9 Å². The first-order chi connectivity index (χ1) is 8.75. The monoisotopic (exact) mass is 258 g/mol. The van der Waals surface area contributed by atoms with Crippen LogP contribution in [0.1, 0.15) is 23.4 Å². The van der Waals surface area contributed by atoms with Gasteiger partial charge in [0.25, 0.3) is 0 Å². The number of rotatable bonds is 4. The van der Waals surface area contributed by atoms with Gasteiger partial charge in [-0.25, -0.2) is 4.98 Å². The molecule has 1 fully saturated rings. The van der Waals surface area contributed by atoms with Crippen LogP contribution in [0.4, 0.5) is 0 Å². The van der Waals surface area contributed by atoms with Gasteiger partial charge in [-0.3, -0.25) is 0 Å². The van der Waals surface area contributed by atoms with Crippen LogP contribution >= 0.6 is 11.3 Å². The van der Waals surface area contributed by atoms with Gasteiger partial charge < -0.3 is 5.32 Å². The molecule has 0 unspecified atom stereocenters. The Kier molecular flexibility index (Phi) is 2.96. The highest BCUT2D eigenvalue weighted by Gasteiger charge is 2.46. The van der Waals surface area contributed by atoms with Crippen LogP contribution in [-0.4, -0.2) is 18.6 Å².